The van der Waals surface area contributed by atoms with Crippen LogP contribution in [0.15, 0.2) is 18.2 Å². The Morgan fingerprint density at radius 1 is 1.28 bits per heavy atom. The molecule has 1 spiro atoms. The zero-order chi connectivity index (χ0) is 18.2. The van der Waals surface area contributed by atoms with E-state index in [-0.39, 0.29) is 22.6 Å². The molecule has 7 heteroatoms. The number of likely N-dealkylation sites (tertiary alicyclic amines) is 2. The summed E-state index contributed by atoms with van der Waals surface area (Å²) in [6, 6.07) is 4.22. The molecular formula is C18H24N2O5. The van der Waals surface area contributed by atoms with Crippen LogP contribution in [0.2, 0.25) is 0 Å². The van der Waals surface area contributed by atoms with E-state index in [2.05, 4.69) is 0 Å². The highest BCUT2D eigenvalue weighted by Crippen LogP contribution is 2.43. The SMILES string of the molecule is COc1ccc(C(=O)N2CCC3(CC2)CC(C(=O)O)N(C)C3)c(O)c1. The number of aliphatic carboxylic acids is 1. The third-order valence-corrected chi connectivity index (χ3v) is 5.57. The molecule has 25 heavy (non-hydrogen) atoms. The molecule has 136 valence electrons. The van der Waals surface area contributed by atoms with Gasteiger partial charge in [-0.15, -0.1) is 0 Å². The van der Waals surface area contributed by atoms with Crippen LogP contribution in [-0.2, 0) is 4.79 Å². The summed E-state index contributed by atoms with van der Waals surface area (Å²) >= 11 is 0. The fourth-order valence-corrected chi connectivity index (χ4v) is 4.08. The fourth-order valence-electron chi connectivity index (χ4n) is 4.08. The van der Waals surface area contributed by atoms with Crippen molar-refractivity contribution in [1.82, 2.24) is 9.80 Å². The number of benzene rings is 1. The first-order chi connectivity index (χ1) is 11.8. The molecule has 2 N–H and O–H groups in total. The van der Waals surface area contributed by atoms with Gasteiger partial charge in [0.15, 0.2) is 0 Å². The Bertz CT molecular complexity index is 682. The summed E-state index contributed by atoms with van der Waals surface area (Å²) < 4.78 is 5.04. The van der Waals surface area contributed by atoms with Crippen molar-refractivity contribution >= 4 is 11.9 Å². The smallest absolute Gasteiger partial charge is 0.320 e. The Morgan fingerprint density at radius 3 is 2.48 bits per heavy atom. The van der Waals surface area contributed by atoms with E-state index in [1.165, 1.54) is 13.2 Å². The Morgan fingerprint density at radius 2 is 1.96 bits per heavy atom. The molecule has 0 saturated carbocycles. The number of piperidine rings is 1. The number of phenols is 1. The third kappa shape index (κ3) is 3.28. The number of carboxylic acid groups (broad SMARTS) is 1. The van der Waals surface area contributed by atoms with Crippen molar-refractivity contribution in [2.24, 2.45) is 5.41 Å². The lowest BCUT2D eigenvalue weighted by atomic mass is 9.76. The largest absolute Gasteiger partial charge is 0.507 e. The van der Waals surface area contributed by atoms with Crippen LogP contribution in [0.3, 0.4) is 0 Å². The van der Waals surface area contributed by atoms with Crippen LogP contribution in [0.1, 0.15) is 29.6 Å². The van der Waals surface area contributed by atoms with Gasteiger partial charge in [0.1, 0.15) is 17.5 Å². The molecule has 0 aromatic heterocycles. The molecule has 1 aromatic rings. The number of phenolic OH excluding ortho intramolecular Hbond substituents is 1. The van der Waals surface area contributed by atoms with Crippen LogP contribution in [0.4, 0.5) is 0 Å². The average Bonchev–Trinajstić information content (AvgIpc) is 2.91. The summed E-state index contributed by atoms with van der Waals surface area (Å²) in [7, 11) is 3.35. The molecule has 3 rings (SSSR count). The summed E-state index contributed by atoms with van der Waals surface area (Å²) in [4.78, 5) is 27.7. The van der Waals surface area contributed by atoms with Gasteiger partial charge in [-0.2, -0.15) is 0 Å². The minimum atomic E-state index is -0.777. The van der Waals surface area contributed by atoms with E-state index >= 15 is 0 Å². The number of nitrogens with zero attached hydrogens (tertiary/aromatic N) is 2. The van der Waals surface area contributed by atoms with Gasteiger partial charge in [0.25, 0.3) is 5.91 Å². The minimum absolute atomic E-state index is 0.0312. The molecule has 1 unspecified atom stereocenters. The van der Waals surface area contributed by atoms with Crippen molar-refractivity contribution in [2.75, 3.05) is 33.8 Å². The maximum absolute atomic E-state index is 12.7. The van der Waals surface area contributed by atoms with Crippen LogP contribution in [0.5, 0.6) is 11.5 Å². The Hall–Kier alpha value is -2.28. The molecule has 1 aromatic carbocycles. The summed E-state index contributed by atoms with van der Waals surface area (Å²) in [5.74, 6) is -0.561. The number of carbonyl (C=O) groups is 2. The zero-order valence-corrected chi connectivity index (χ0v) is 14.6. The van der Waals surface area contributed by atoms with Crippen LogP contribution >= 0.6 is 0 Å². The van der Waals surface area contributed by atoms with Crippen molar-refractivity contribution in [3.05, 3.63) is 23.8 Å². The van der Waals surface area contributed by atoms with E-state index < -0.39 is 12.0 Å². The van der Waals surface area contributed by atoms with Gasteiger partial charge < -0.3 is 19.8 Å². The number of methoxy groups -OCH3 is 1. The van der Waals surface area contributed by atoms with Crippen molar-refractivity contribution in [2.45, 2.75) is 25.3 Å². The van der Waals surface area contributed by atoms with Gasteiger partial charge >= 0.3 is 5.97 Å². The normalized spacial score (nSPS) is 23.0. The van der Waals surface area contributed by atoms with E-state index in [1.54, 1.807) is 17.0 Å². The van der Waals surface area contributed by atoms with Gasteiger partial charge in [0.05, 0.1) is 12.7 Å². The number of aromatic hydroxyl groups is 1. The maximum Gasteiger partial charge on any atom is 0.320 e. The summed E-state index contributed by atoms with van der Waals surface area (Å²) in [6.45, 7) is 1.90. The highest BCUT2D eigenvalue weighted by atomic mass is 16.5. The van der Waals surface area contributed by atoms with Crippen LogP contribution < -0.4 is 4.74 Å². The van der Waals surface area contributed by atoms with Gasteiger partial charge in [-0.05, 0) is 43.9 Å². The van der Waals surface area contributed by atoms with Gasteiger partial charge in [0, 0.05) is 25.7 Å². The van der Waals surface area contributed by atoms with Crippen LogP contribution in [0, 0.1) is 5.41 Å². The van der Waals surface area contributed by atoms with E-state index in [0.29, 0.717) is 25.3 Å². The second-order valence-corrected chi connectivity index (χ2v) is 7.15. The Balaban J connectivity index is 1.66. The van der Waals surface area contributed by atoms with E-state index in [4.69, 9.17) is 4.74 Å². The highest BCUT2D eigenvalue weighted by Gasteiger charge is 2.47. The fraction of sp³-hybridized carbons (Fsp3) is 0.556. The third-order valence-electron chi connectivity index (χ3n) is 5.57. The molecule has 2 saturated heterocycles. The minimum Gasteiger partial charge on any atom is -0.507 e. The lowest BCUT2D eigenvalue weighted by molar-refractivity contribution is -0.141. The predicted molar refractivity (Wildman–Crippen MR) is 90.9 cm³/mol. The first-order valence-corrected chi connectivity index (χ1v) is 8.44. The summed E-state index contributed by atoms with van der Waals surface area (Å²) in [5, 5.41) is 19.4. The number of rotatable bonds is 3. The number of carbonyl (C=O) groups excluding carboxylic acids is 1. The number of hydrogen-bond acceptors (Lipinski definition) is 5. The molecule has 0 bridgehead atoms. The van der Waals surface area contributed by atoms with Crippen molar-refractivity contribution in [1.29, 1.82) is 0 Å². The molecule has 2 aliphatic heterocycles. The molecule has 0 radical (unpaired) electrons. The molecule has 0 aliphatic carbocycles. The summed E-state index contributed by atoms with van der Waals surface area (Å²) in [5.41, 5.74) is 0.236. The average molecular weight is 348 g/mol. The number of hydrogen-bond donors (Lipinski definition) is 2. The van der Waals surface area contributed by atoms with Gasteiger partial charge in [-0.3, -0.25) is 14.5 Å². The van der Waals surface area contributed by atoms with Crippen molar-refractivity contribution in [3.63, 3.8) is 0 Å². The molecule has 2 aliphatic rings. The van der Waals surface area contributed by atoms with Crippen LogP contribution in [0.25, 0.3) is 0 Å². The first-order valence-electron chi connectivity index (χ1n) is 8.44. The molecular weight excluding hydrogens is 324 g/mol. The Labute approximate surface area is 146 Å². The Kier molecular flexibility index (Phi) is 4.60. The highest BCUT2D eigenvalue weighted by molar-refractivity contribution is 5.97. The molecule has 7 nitrogen and oxygen atoms in total. The quantitative estimate of drug-likeness (QED) is 0.858. The molecule has 2 heterocycles. The topological polar surface area (TPSA) is 90.3 Å². The van der Waals surface area contributed by atoms with Crippen molar-refractivity contribution in [3.8, 4) is 11.5 Å². The zero-order valence-electron chi connectivity index (χ0n) is 14.6. The number of carboxylic acids is 1. The van der Waals surface area contributed by atoms with Gasteiger partial charge in [0.2, 0.25) is 0 Å². The van der Waals surface area contributed by atoms with E-state index in [9.17, 15) is 19.8 Å². The second-order valence-electron chi connectivity index (χ2n) is 7.15. The number of amides is 1. The molecule has 2 fully saturated rings. The van der Waals surface area contributed by atoms with Gasteiger partial charge in [-0.25, -0.2) is 0 Å². The number of likely N-dealkylation sites (N-methyl/N-ethyl adjacent to an activating group) is 1. The van der Waals surface area contributed by atoms with Crippen molar-refractivity contribution < 1.29 is 24.5 Å². The standard InChI is InChI=1S/C18H24N2O5/c1-19-11-18(10-14(19)17(23)24)5-7-20(8-6-18)16(22)13-4-3-12(25-2)9-15(13)21/h3-4,9,14,21H,5-8,10-11H2,1-2H3,(H,23,24). The number of ether oxygens (including phenoxy) is 1. The van der Waals surface area contributed by atoms with Gasteiger partial charge in [-0.1, -0.05) is 0 Å². The molecule has 1 atom stereocenters. The maximum atomic E-state index is 12.7. The van der Waals surface area contributed by atoms with E-state index in [0.717, 1.165) is 19.4 Å². The summed E-state index contributed by atoms with van der Waals surface area (Å²) in [6.07, 6.45) is 2.20. The lowest BCUT2D eigenvalue weighted by Crippen LogP contribution is -2.44. The second kappa shape index (κ2) is 6.55. The monoisotopic (exact) mass is 348 g/mol. The van der Waals surface area contributed by atoms with E-state index in [1.807, 2.05) is 11.9 Å². The van der Waals surface area contributed by atoms with Crippen LogP contribution in [-0.4, -0.2) is 71.7 Å². The first kappa shape index (κ1) is 17.5. The lowest BCUT2D eigenvalue weighted by Gasteiger charge is -2.39. The molecule has 1 amide bonds. The predicted octanol–water partition coefficient (Wildman–Crippen LogP) is 1.41.